The highest BCUT2D eigenvalue weighted by Crippen LogP contribution is 2.33. The molecule has 0 atom stereocenters. The Labute approximate surface area is 226 Å². The average Bonchev–Trinajstić information content (AvgIpc) is 3.51. The minimum absolute atomic E-state index is 0.0574. The number of benzene rings is 1. The smallest absolute Gasteiger partial charge is 0.317 e. The molecule has 5 rings (SSSR count). The zero-order chi connectivity index (χ0) is 26.7. The summed E-state index contributed by atoms with van der Waals surface area (Å²) in [4.78, 5) is 34.9. The molecule has 204 valence electrons. The molecule has 0 bridgehead atoms. The van der Waals surface area contributed by atoms with Crippen molar-refractivity contribution in [3.8, 4) is 0 Å². The molecule has 3 aliphatic rings. The van der Waals surface area contributed by atoms with Crippen LogP contribution in [0, 0.1) is 0 Å². The number of hydrogen-bond donors (Lipinski definition) is 2. The van der Waals surface area contributed by atoms with Crippen molar-refractivity contribution in [1.82, 2.24) is 25.1 Å². The summed E-state index contributed by atoms with van der Waals surface area (Å²) < 4.78 is 25.2. The molecule has 2 aromatic rings. The third-order valence-corrected chi connectivity index (χ3v) is 10.2. The van der Waals surface area contributed by atoms with Crippen molar-refractivity contribution in [3.63, 3.8) is 0 Å². The number of anilines is 1. The summed E-state index contributed by atoms with van der Waals surface area (Å²) in [5.74, 6) is -0.380. The van der Waals surface area contributed by atoms with Crippen LogP contribution in [0.15, 0.2) is 40.5 Å². The number of carbonyl (C=O) groups is 2. The van der Waals surface area contributed by atoms with Crippen molar-refractivity contribution >= 4 is 44.0 Å². The first-order valence-corrected chi connectivity index (χ1v) is 15.3. The van der Waals surface area contributed by atoms with Crippen molar-refractivity contribution in [2.75, 3.05) is 51.6 Å². The maximum absolute atomic E-state index is 13.4. The van der Waals surface area contributed by atoms with Crippen molar-refractivity contribution in [1.29, 1.82) is 0 Å². The summed E-state index contributed by atoms with van der Waals surface area (Å²) >= 11 is 1.41. The third-order valence-electron chi connectivity index (χ3n) is 6.99. The molecule has 2 saturated heterocycles. The monoisotopic (exact) mass is 559 g/mol. The number of carbonyl (C=O) groups excluding carboxylic acids is 2. The summed E-state index contributed by atoms with van der Waals surface area (Å²) in [5.41, 5.74) is 0.805. The fraction of sp³-hybridized carbons (Fsp3) is 0.520. The van der Waals surface area contributed by atoms with Crippen molar-refractivity contribution in [2.24, 2.45) is 5.10 Å². The van der Waals surface area contributed by atoms with Gasteiger partial charge in [0.2, 0.25) is 0 Å². The van der Waals surface area contributed by atoms with Crippen molar-refractivity contribution in [3.05, 3.63) is 40.9 Å². The zero-order valence-electron chi connectivity index (χ0n) is 21.4. The van der Waals surface area contributed by atoms with E-state index in [1.54, 1.807) is 42.4 Å². The van der Waals surface area contributed by atoms with Gasteiger partial charge in [-0.25, -0.2) is 18.2 Å². The van der Waals surface area contributed by atoms with Crippen LogP contribution in [0.5, 0.6) is 0 Å². The first-order valence-electron chi connectivity index (χ1n) is 13.0. The fourth-order valence-corrected chi connectivity index (χ4v) is 7.14. The maximum Gasteiger partial charge on any atom is 0.317 e. The Morgan fingerprint density at radius 3 is 2.37 bits per heavy atom. The van der Waals surface area contributed by atoms with E-state index in [1.165, 1.54) is 11.3 Å². The van der Waals surface area contributed by atoms with Crippen LogP contribution < -0.4 is 10.6 Å². The van der Waals surface area contributed by atoms with E-state index < -0.39 is 9.84 Å². The molecule has 38 heavy (non-hydrogen) atoms. The molecule has 11 nitrogen and oxygen atoms in total. The van der Waals surface area contributed by atoms with Crippen LogP contribution in [-0.2, 0) is 21.2 Å². The molecule has 1 aromatic carbocycles. The standard InChI is InChI=1S/C25H33N7O4S2/c1-26-25(34)31-14-12-30(13-15-31)17-19-16-27-24(37-19)28-23(33)22(29-32-10-2-3-11-32)18-4-6-20(7-5-18)38(35,36)21-8-9-21/h4-7,16,21H,2-3,8-15,17H2,1H3,(H,26,34)(H,27,28,33)/b29-22+. The Bertz CT molecular complexity index is 1290. The number of amides is 3. The largest absolute Gasteiger partial charge is 0.341 e. The van der Waals surface area contributed by atoms with Crippen LogP contribution in [-0.4, -0.2) is 97.4 Å². The van der Waals surface area contributed by atoms with Gasteiger partial charge in [-0.05, 0) is 37.8 Å². The molecule has 1 aliphatic carbocycles. The number of urea groups is 1. The van der Waals surface area contributed by atoms with E-state index in [9.17, 15) is 18.0 Å². The van der Waals surface area contributed by atoms with Gasteiger partial charge in [0.25, 0.3) is 5.91 Å². The molecule has 2 aliphatic heterocycles. The van der Waals surface area contributed by atoms with E-state index in [0.717, 1.165) is 43.9 Å². The number of aromatic nitrogens is 1. The number of nitrogens with zero attached hydrogens (tertiary/aromatic N) is 5. The molecule has 0 radical (unpaired) electrons. The second-order valence-corrected chi connectivity index (χ2v) is 13.1. The van der Waals surface area contributed by atoms with Gasteiger partial charge in [0.05, 0.1) is 10.1 Å². The van der Waals surface area contributed by atoms with Gasteiger partial charge in [0, 0.05) is 69.5 Å². The lowest BCUT2D eigenvalue weighted by Gasteiger charge is -2.34. The number of hydrogen-bond acceptors (Lipinski definition) is 9. The molecule has 2 N–H and O–H groups in total. The Kier molecular flexibility index (Phi) is 7.96. The van der Waals surface area contributed by atoms with Gasteiger partial charge in [-0.1, -0.05) is 12.1 Å². The quantitative estimate of drug-likeness (QED) is 0.474. The molecular formula is C25H33N7O4S2. The highest BCUT2D eigenvalue weighted by Gasteiger charge is 2.37. The van der Waals surface area contributed by atoms with Crippen LogP contribution in [0.4, 0.5) is 9.93 Å². The maximum atomic E-state index is 13.4. The van der Waals surface area contributed by atoms with Gasteiger partial charge in [0.15, 0.2) is 20.7 Å². The predicted molar refractivity (Wildman–Crippen MR) is 146 cm³/mol. The van der Waals surface area contributed by atoms with Crippen LogP contribution in [0.25, 0.3) is 0 Å². The summed E-state index contributed by atoms with van der Waals surface area (Å²) in [6.07, 6.45) is 5.21. The fourth-order valence-electron chi connectivity index (χ4n) is 4.63. The van der Waals surface area contributed by atoms with Crippen LogP contribution >= 0.6 is 11.3 Å². The second kappa shape index (κ2) is 11.4. The SMILES string of the molecule is CNC(=O)N1CCN(Cc2cnc(NC(=O)/C(=N/N3CCCC3)c3ccc(S(=O)(=O)C4CC4)cc3)s2)CC1. The van der Waals surface area contributed by atoms with Gasteiger partial charge in [-0.2, -0.15) is 5.10 Å². The highest BCUT2D eigenvalue weighted by molar-refractivity contribution is 7.92. The van der Waals surface area contributed by atoms with E-state index in [1.807, 2.05) is 5.01 Å². The molecule has 0 unspecified atom stereocenters. The number of rotatable bonds is 8. The van der Waals surface area contributed by atoms with Gasteiger partial charge >= 0.3 is 6.03 Å². The summed E-state index contributed by atoms with van der Waals surface area (Å²) in [5, 5.41) is 12.3. The minimum Gasteiger partial charge on any atom is -0.341 e. The number of nitrogens with one attached hydrogen (secondary N) is 2. The van der Waals surface area contributed by atoms with E-state index >= 15 is 0 Å². The molecule has 3 heterocycles. The summed E-state index contributed by atoms with van der Waals surface area (Å²) in [6, 6.07) is 6.41. The van der Waals surface area contributed by atoms with Gasteiger partial charge < -0.3 is 10.2 Å². The first kappa shape index (κ1) is 26.6. The van der Waals surface area contributed by atoms with Gasteiger partial charge in [-0.15, -0.1) is 11.3 Å². The predicted octanol–water partition coefficient (Wildman–Crippen LogP) is 1.97. The van der Waals surface area contributed by atoms with Crippen LogP contribution in [0.2, 0.25) is 0 Å². The molecule has 0 spiro atoms. The third kappa shape index (κ3) is 6.16. The van der Waals surface area contributed by atoms with E-state index in [0.29, 0.717) is 43.2 Å². The lowest BCUT2D eigenvalue weighted by Crippen LogP contribution is -2.50. The Morgan fingerprint density at radius 1 is 1.05 bits per heavy atom. The van der Waals surface area contributed by atoms with E-state index in [2.05, 4.69) is 25.6 Å². The number of thiazole rings is 1. The molecule has 3 fully saturated rings. The summed E-state index contributed by atoms with van der Waals surface area (Å²) in [6.45, 7) is 5.12. The van der Waals surface area contributed by atoms with E-state index in [-0.39, 0.29) is 27.8 Å². The number of piperazine rings is 1. The molecule has 13 heteroatoms. The topological polar surface area (TPSA) is 127 Å². The molecule has 3 amide bonds. The summed E-state index contributed by atoms with van der Waals surface area (Å²) in [7, 11) is -1.67. The van der Waals surface area contributed by atoms with E-state index in [4.69, 9.17) is 0 Å². The lowest BCUT2D eigenvalue weighted by atomic mass is 10.1. The Morgan fingerprint density at radius 2 is 1.74 bits per heavy atom. The van der Waals surface area contributed by atoms with Gasteiger partial charge in [-0.3, -0.25) is 20.0 Å². The first-order chi connectivity index (χ1) is 18.3. The molecular weight excluding hydrogens is 526 g/mol. The average molecular weight is 560 g/mol. The zero-order valence-corrected chi connectivity index (χ0v) is 23.1. The van der Waals surface area contributed by atoms with Crippen molar-refractivity contribution in [2.45, 2.75) is 42.4 Å². The van der Waals surface area contributed by atoms with Gasteiger partial charge in [0.1, 0.15) is 0 Å². The molecule has 1 aromatic heterocycles. The second-order valence-electron chi connectivity index (χ2n) is 9.78. The normalized spacial score (nSPS) is 19.0. The number of sulfone groups is 1. The number of hydrazone groups is 1. The minimum atomic E-state index is -3.30. The van der Waals surface area contributed by atoms with Crippen LogP contribution in [0.3, 0.4) is 0 Å². The Hall–Kier alpha value is -3.03. The molecule has 1 saturated carbocycles. The van der Waals surface area contributed by atoms with Crippen LogP contribution in [0.1, 0.15) is 36.1 Å². The lowest BCUT2D eigenvalue weighted by molar-refractivity contribution is -0.110. The highest BCUT2D eigenvalue weighted by atomic mass is 32.2. The Balaban J connectivity index is 1.25. The van der Waals surface area contributed by atoms with Crippen molar-refractivity contribution < 1.29 is 18.0 Å².